The van der Waals surface area contributed by atoms with E-state index in [1.54, 1.807) is 6.08 Å². The maximum absolute atomic E-state index is 14.5. The van der Waals surface area contributed by atoms with E-state index in [0.717, 1.165) is 77.0 Å². The number of hydrogen-bond donors (Lipinski definition) is 3. The molecule has 0 amide bonds. The maximum atomic E-state index is 14.5. The average molecular weight is 533 g/mol. The van der Waals surface area contributed by atoms with Crippen LogP contribution in [0, 0.1) is 11.8 Å². The number of unbranched alkanes of at least 4 members (excludes halogenated alkanes) is 8. The minimum atomic E-state index is -3.18. The highest BCUT2D eigenvalue weighted by atomic mass is 19.3. The van der Waals surface area contributed by atoms with Crippen molar-refractivity contribution in [2.75, 3.05) is 6.61 Å². The molecule has 0 radical (unpaired) electrons. The van der Waals surface area contributed by atoms with E-state index in [0.29, 0.717) is 25.9 Å². The molecule has 2 fully saturated rings. The second-order valence-corrected chi connectivity index (χ2v) is 11.0. The normalized spacial score (nSPS) is 27.6. The summed E-state index contributed by atoms with van der Waals surface area (Å²) >= 11 is 0. The third-order valence-corrected chi connectivity index (χ3v) is 7.85. The lowest BCUT2D eigenvalue weighted by Crippen LogP contribution is -2.33. The molecule has 8 heteroatoms. The number of aliphatic hydroxyl groups excluding tert-OH is 2. The topological polar surface area (TPSA) is 96.2 Å². The largest absolute Gasteiger partial charge is 0.481 e. The highest BCUT2D eigenvalue weighted by Gasteiger charge is 2.43. The molecule has 1 heterocycles. The summed E-state index contributed by atoms with van der Waals surface area (Å²) in [5, 5.41) is 29.9. The zero-order valence-corrected chi connectivity index (χ0v) is 22.7. The molecule has 1 aliphatic heterocycles. The molecule has 1 saturated carbocycles. The van der Waals surface area contributed by atoms with Crippen LogP contribution in [0.4, 0.5) is 8.78 Å². The first-order valence-electron chi connectivity index (χ1n) is 14.7. The van der Waals surface area contributed by atoms with Crippen molar-refractivity contribution in [2.24, 2.45) is 11.8 Å². The summed E-state index contributed by atoms with van der Waals surface area (Å²) in [5.74, 6) is -4.33. The average Bonchev–Trinajstić information content (AvgIpc) is 3.15. The van der Waals surface area contributed by atoms with Gasteiger partial charge in [0.25, 0.3) is 5.92 Å². The van der Waals surface area contributed by atoms with E-state index in [1.165, 1.54) is 6.08 Å². The van der Waals surface area contributed by atoms with Gasteiger partial charge in [0.1, 0.15) is 6.10 Å². The summed E-state index contributed by atoms with van der Waals surface area (Å²) < 4.78 is 41.0. The van der Waals surface area contributed by atoms with Crippen LogP contribution < -0.4 is 0 Å². The number of carboxylic acid groups (broad SMARTS) is 1. The van der Waals surface area contributed by atoms with E-state index in [2.05, 4.69) is 0 Å². The predicted octanol–water partition coefficient (Wildman–Crippen LogP) is 6.62. The van der Waals surface area contributed by atoms with Crippen molar-refractivity contribution in [1.82, 2.24) is 0 Å². The minimum Gasteiger partial charge on any atom is -0.481 e. The second-order valence-electron chi connectivity index (χ2n) is 11.0. The Labute approximate surface area is 221 Å². The van der Waals surface area contributed by atoms with E-state index < -0.39 is 24.1 Å². The molecule has 6 atom stereocenters. The van der Waals surface area contributed by atoms with Gasteiger partial charge in [-0.05, 0) is 44.4 Å². The molecular formula is C29H50F2O6. The zero-order valence-electron chi connectivity index (χ0n) is 22.7. The Morgan fingerprint density at radius 1 is 1.08 bits per heavy atom. The Balaban J connectivity index is 1.93. The van der Waals surface area contributed by atoms with Gasteiger partial charge in [-0.15, -0.1) is 0 Å². The van der Waals surface area contributed by atoms with Crippen LogP contribution in [0.3, 0.4) is 0 Å². The number of hydrogen-bond acceptors (Lipinski definition) is 5. The van der Waals surface area contributed by atoms with Gasteiger partial charge in [-0.2, -0.15) is 0 Å². The lowest BCUT2D eigenvalue weighted by Gasteiger charge is -2.29. The highest BCUT2D eigenvalue weighted by molar-refractivity contribution is 5.66. The predicted molar refractivity (Wildman–Crippen MR) is 139 cm³/mol. The molecule has 0 aromatic rings. The van der Waals surface area contributed by atoms with Crippen molar-refractivity contribution in [3.8, 4) is 0 Å². The van der Waals surface area contributed by atoms with Crippen LogP contribution in [0.25, 0.3) is 0 Å². The molecule has 6 nitrogen and oxygen atoms in total. The summed E-state index contributed by atoms with van der Waals surface area (Å²) in [6.07, 6.45) is 12.0. The number of carbonyl (C=O) groups is 1. The molecule has 2 unspecified atom stereocenters. The fraction of sp³-hybridized carbons (Fsp3) is 0.897. The first-order chi connectivity index (χ1) is 17.7. The van der Waals surface area contributed by atoms with Crippen molar-refractivity contribution < 1.29 is 38.4 Å². The van der Waals surface area contributed by atoms with Crippen LogP contribution in [0.2, 0.25) is 0 Å². The maximum Gasteiger partial charge on any atom is 0.303 e. The number of rotatable bonds is 19. The molecule has 0 bridgehead atoms. The lowest BCUT2D eigenvalue weighted by atomic mass is 9.87. The van der Waals surface area contributed by atoms with Gasteiger partial charge in [0.05, 0.1) is 12.2 Å². The van der Waals surface area contributed by atoms with Gasteiger partial charge in [0, 0.05) is 31.8 Å². The van der Waals surface area contributed by atoms with Crippen LogP contribution in [0.5, 0.6) is 0 Å². The van der Waals surface area contributed by atoms with Gasteiger partial charge in [-0.25, -0.2) is 8.78 Å². The van der Waals surface area contributed by atoms with Crippen LogP contribution in [0.1, 0.15) is 116 Å². The van der Waals surface area contributed by atoms with Crippen LogP contribution in [-0.4, -0.2) is 58.4 Å². The molecule has 0 aromatic carbocycles. The zero-order chi connectivity index (χ0) is 27.1. The second kappa shape index (κ2) is 17.5. The minimum absolute atomic E-state index is 0.123. The molecule has 2 aliphatic rings. The first kappa shape index (κ1) is 32.1. The molecule has 3 N–H and O–H groups in total. The van der Waals surface area contributed by atoms with Gasteiger partial charge in [-0.3, -0.25) is 4.79 Å². The summed E-state index contributed by atoms with van der Waals surface area (Å²) in [4.78, 5) is 10.6. The number of alkyl halides is 2. The molecule has 37 heavy (non-hydrogen) atoms. The van der Waals surface area contributed by atoms with Crippen molar-refractivity contribution >= 4 is 5.97 Å². The summed E-state index contributed by atoms with van der Waals surface area (Å²) in [5.41, 5.74) is 0. The molecule has 216 valence electrons. The Hall–Kier alpha value is -1.09. The Kier molecular flexibility index (Phi) is 15.2. The van der Waals surface area contributed by atoms with E-state index in [-0.39, 0.29) is 37.1 Å². The number of carboxylic acids is 1. The van der Waals surface area contributed by atoms with Gasteiger partial charge >= 0.3 is 5.97 Å². The smallest absolute Gasteiger partial charge is 0.303 e. The van der Waals surface area contributed by atoms with E-state index in [9.17, 15) is 23.8 Å². The van der Waals surface area contributed by atoms with Crippen LogP contribution in [-0.2, 0) is 14.3 Å². The summed E-state index contributed by atoms with van der Waals surface area (Å²) in [6.45, 7) is 2.67. The molecule has 2 rings (SSSR count). The number of halogens is 2. The standard InChI is InChI=1S/C29H50F2O6/c1-2-3-4-12-19-29(30,31)26(33)18-17-23-22(14-9-7-5-6-8-10-15-27(34)35)24(32)21-25(23)37-28-16-11-13-20-36-28/h17-18,22-26,28,32-33H,2-16,19-21H2,1H3,(H,34,35)/t22-,23-,24+,25-,26?,28?/m1/s1. The number of aliphatic carboxylic acids is 1. The molecule has 0 spiro atoms. The third-order valence-electron chi connectivity index (χ3n) is 7.85. The fourth-order valence-corrected chi connectivity index (χ4v) is 5.59. The highest BCUT2D eigenvalue weighted by Crippen LogP contribution is 2.40. The molecule has 1 aliphatic carbocycles. The van der Waals surface area contributed by atoms with Crippen molar-refractivity contribution in [3.63, 3.8) is 0 Å². The van der Waals surface area contributed by atoms with Gasteiger partial charge in [0.15, 0.2) is 6.29 Å². The third kappa shape index (κ3) is 12.1. The van der Waals surface area contributed by atoms with Crippen molar-refractivity contribution in [3.05, 3.63) is 12.2 Å². The van der Waals surface area contributed by atoms with Gasteiger partial charge in [0.2, 0.25) is 0 Å². The van der Waals surface area contributed by atoms with E-state index in [1.807, 2.05) is 6.92 Å². The summed E-state index contributed by atoms with van der Waals surface area (Å²) in [7, 11) is 0. The van der Waals surface area contributed by atoms with Crippen LogP contribution >= 0.6 is 0 Å². The van der Waals surface area contributed by atoms with Crippen LogP contribution in [0.15, 0.2) is 12.2 Å². The van der Waals surface area contributed by atoms with E-state index >= 15 is 0 Å². The number of ether oxygens (including phenoxy) is 2. The summed E-state index contributed by atoms with van der Waals surface area (Å²) in [6, 6.07) is 0. The Morgan fingerprint density at radius 3 is 2.46 bits per heavy atom. The molecule has 0 aromatic heterocycles. The molecule has 1 saturated heterocycles. The van der Waals surface area contributed by atoms with Crippen molar-refractivity contribution in [2.45, 2.75) is 147 Å². The fourth-order valence-electron chi connectivity index (χ4n) is 5.59. The first-order valence-corrected chi connectivity index (χ1v) is 14.7. The Morgan fingerprint density at radius 2 is 1.78 bits per heavy atom. The van der Waals surface area contributed by atoms with E-state index in [4.69, 9.17) is 14.6 Å². The SMILES string of the molecule is CCCCCCC(F)(F)C(O)C=C[C@@H]1[C@@H](CCCCCCCCC(=O)O)[C@@H](O)C[C@H]1OC1CCCCO1. The van der Waals surface area contributed by atoms with Crippen molar-refractivity contribution in [1.29, 1.82) is 0 Å². The van der Waals surface area contributed by atoms with Gasteiger partial charge < -0.3 is 24.8 Å². The van der Waals surface area contributed by atoms with Gasteiger partial charge in [-0.1, -0.05) is 70.4 Å². The number of aliphatic hydroxyl groups is 2. The lowest BCUT2D eigenvalue weighted by molar-refractivity contribution is -0.193. The quantitative estimate of drug-likeness (QED) is 0.128. The monoisotopic (exact) mass is 532 g/mol. The molecular weight excluding hydrogens is 482 g/mol. The Bertz CT molecular complexity index is 652.